The van der Waals surface area contributed by atoms with Crippen molar-refractivity contribution in [1.29, 1.82) is 0 Å². The normalized spacial score (nSPS) is 19.7. The molecule has 1 saturated heterocycles. The molecule has 0 N–H and O–H groups in total. The number of rotatable bonds is 6. The molecule has 0 spiro atoms. The summed E-state index contributed by atoms with van der Waals surface area (Å²) in [6.45, 7) is 4.97. The highest BCUT2D eigenvalue weighted by molar-refractivity contribution is 5.94. The van der Waals surface area contributed by atoms with Crippen molar-refractivity contribution in [2.45, 2.75) is 77.2 Å². The number of aryl methyl sites for hydroxylation is 1. The first-order valence-electron chi connectivity index (χ1n) is 15.2. The van der Waals surface area contributed by atoms with Gasteiger partial charge in [0, 0.05) is 69.2 Å². The summed E-state index contributed by atoms with van der Waals surface area (Å²) >= 11 is 0. The van der Waals surface area contributed by atoms with Gasteiger partial charge in [-0.2, -0.15) is 0 Å². The van der Waals surface area contributed by atoms with Gasteiger partial charge in [-0.15, -0.1) is 5.10 Å². The quantitative estimate of drug-likeness (QED) is 0.333. The minimum atomic E-state index is 0.0861. The Kier molecular flexibility index (Phi) is 8.55. The van der Waals surface area contributed by atoms with Crippen molar-refractivity contribution >= 4 is 28.5 Å². The fourth-order valence-corrected chi connectivity index (χ4v) is 6.60. The fraction of sp³-hybridized carbons (Fsp3) is 0.424. The lowest BCUT2D eigenvalue weighted by Gasteiger charge is -2.44. The molecule has 6 rings (SSSR count). The van der Waals surface area contributed by atoms with E-state index in [1.807, 2.05) is 76.3 Å². The number of benzene rings is 2. The Morgan fingerprint density at radius 3 is 2.55 bits per heavy atom. The van der Waals surface area contributed by atoms with Gasteiger partial charge in [-0.25, -0.2) is 4.68 Å². The number of aromatic nitrogens is 4. The molecule has 2 aromatic heterocycles. The maximum atomic E-state index is 14.0. The monoisotopic (exact) mass is 565 g/mol. The number of para-hydroxylation sites is 2. The van der Waals surface area contributed by atoms with Crippen LogP contribution in [0, 0.1) is 0 Å². The summed E-state index contributed by atoms with van der Waals surface area (Å²) in [5, 5.41) is 8.57. The summed E-state index contributed by atoms with van der Waals surface area (Å²) in [4.78, 5) is 38.1. The van der Waals surface area contributed by atoms with Gasteiger partial charge in [0.2, 0.25) is 11.8 Å². The van der Waals surface area contributed by atoms with Gasteiger partial charge in [0.15, 0.2) is 0 Å². The van der Waals surface area contributed by atoms with E-state index >= 15 is 0 Å². The second-order valence-electron chi connectivity index (χ2n) is 11.4. The van der Waals surface area contributed by atoms with Gasteiger partial charge in [-0.05, 0) is 60.7 Å². The maximum Gasteiger partial charge on any atom is 0.226 e. The fourth-order valence-electron chi connectivity index (χ4n) is 6.60. The summed E-state index contributed by atoms with van der Waals surface area (Å²) in [6, 6.07) is 20.6. The summed E-state index contributed by atoms with van der Waals surface area (Å²) in [7, 11) is 0. The number of anilines is 1. The number of fused-ring (bicyclic) bond motifs is 4. The SMILES string of the molecule is CCC(=O)N1CCC2CCCC(CN(C(=O)CCn3nnc4ccccc43)Cc3ccccc31)N2Cc1ccncc1. The summed E-state index contributed by atoms with van der Waals surface area (Å²) in [5.41, 5.74) is 4.91. The number of carbonyl (C=O) groups excluding carboxylic acids is 2. The number of amides is 2. The first-order valence-corrected chi connectivity index (χ1v) is 15.2. The average molecular weight is 566 g/mol. The highest BCUT2D eigenvalue weighted by Gasteiger charge is 2.34. The largest absolute Gasteiger partial charge is 0.337 e. The smallest absolute Gasteiger partial charge is 0.226 e. The minimum absolute atomic E-state index is 0.0861. The van der Waals surface area contributed by atoms with E-state index in [1.54, 1.807) is 0 Å². The molecular formula is C33H39N7O2. The van der Waals surface area contributed by atoms with Crippen LogP contribution in [0.25, 0.3) is 11.0 Å². The average Bonchev–Trinajstić information content (AvgIpc) is 3.44. The molecule has 218 valence electrons. The van der Waals surface area contributed by atoms with Crippen LogP contribution in [-0.2, 0) is 29.2 Å². The number of hydrogen-bond donors (Lipinski definition) is 0. The summed E-state index contributed by atoms with van der Waals surface area (Å²) in [5.74, 6) is 0.202. The van der Waals surface area contributed by atoms with Gasteiger partial charge >= 0.3 is 0 Å². The van der Waals surface area contributed by atoms with Crippen LogP contribution in [-0.4, -0.2) is 66.8 Å². The molecule has 2 amide bonds. The van der Waals surface area contributed by atoms with E-state index in [4.69, 9.17) is 0 Å². The molecule has 2 aliphatic rings. The Morgan fingerprint density at radius 1 is 0.905 bits per heavy atom. The van der Waals surface area contributed by atoms with E-state index < -0.39 is 0 Å². The highest BCUT2D eigenvalue weighted by Crippen LogP contribution is 2.32. The van der Waals surface area contributed by atoms with Crippen LogP contribution in [0.2, 0.25) is 0 Å². The molecule has 2 atom stereocenters. The number of hydrogen-bond acceptors (Lipinski definition) is 6. The zero-order valence-electron chi connectivity index (χ0n) is 24.3. The minimum Gasteiger partial charge on any atom is -0.337 e. The van der Waals surface area contributed by atoms with Crippen LogP contribution in [0.3, 0.4) is 0 Å². The van der Waals surface area contributed by atoms with Crippen molar-refractivity contribution in [2.24, 2.45) is 0 Å². The third kappa shape index (κ3) is 6.06. The lowest BCUT2D eigenvalue weighted by Crippen LogP contribution is -2.52. The van der Waals surface area contributed by atoms with Crippen LogP contribution >= 0.6 is 0 Å². The van der Waals surface area contributed by atoms with E-state index in [1.165, 1.54) is 5.56 Å². The van der Waals surface area contributed by atoms with Crippen molar-refractivity contribution < 1.29 is 9.59 Å². The second kappa shape index (κ2) is 12.8. The van der Waals surface area contributed by atoms with Crippen molar-refractivity contribution in [2.75, 3.05) is 18.0 Å². The van der Waals surface area contributed by atoms with Crippen LogP contribution in [0.15, 0.2) is 73.1 Å². The molecule has 9 heteroatoms. The molecule has 0 radical (unpaired) electrons. The zero-order valence-corrected chi connectivity index (χ0v) is 24.3. The van der Waals surface area contributed by atoms with Crippen LogP contribution in [0.1, 0.15) is 56.6 Å². The second-order valence-corrected chi connectivity index (χ2v) is 11.4. The predicted octanol–water partition coefficient (Wildman–Crippen LogP) is 4.82. The van der Waals surface area contributed by atoms with Crippen molar-refractivity contribution in [1.82, 2.24) is 29.8 Å². The molecule has 2 aromatic carbocycles. The third-order valence-electron chi connectivity index (χ3n) is 8.80. The molecule has 9 nitrogen and oxygen atoms in total. The van der Waals surface area contributed by atoms with Gasteiger partial charge in [0.1, 0.15) is 5.52 Å². The Hall–Kier alpha value is -4.11. The van der Waals surface area contributed by atoms with Gasteiger partial charge < -0.3 is 9.80 Å². The number of piperidine rings is 1. The van der Waals surface area contributed by atoms with Gasteiger partial charge in [0.05, 0.1) is 12.1 Å². The van der Waals surface area contributed by atoms with E-state index in [9.17, 15) is 9.59 Å². The first kappa shape index (κ1) is 28.0. The molecular weight excluding hydrogens is 526 g/mol. The van der Waals surface area contributed by atoms with E-state index in [0.717, 1.165) is 54.5 Å². The standard InChI is InChI=1S/C33H39N7O2/c1-2-32(41)38-20-16-27-9-7-10-28(39(27)22-25-14-18-34-19-15-25)24-37(23-26-8-3-5-12-30(26)38)33(42)17-21-40-31-13-6-4-11-29(31)35-36-40/h3-6,8,11-15,18-19,27-28H,2,7,9-10,16-17,20-24H2,1H3. The Bertz CT molecular complexity index is 1520. The maximum absolute atomic E-state index is 14.0. The van der Waals surface area contributed by atoms with Crippen LogP contribution < -0.4 is 4.90 Å². The van der Waals surface area contributed by atoms with Crippen LogP contribution in [0.5, 0.6) is 0 Å². The van der Waals surface area contributed by atoms with E-state index in [0.29, 0.717) is 45.1 Å². The Labute approximate surface area is 247 Å². The van der Waals surface area contributed by atoms with Gasteiger partial charge in [-0.1, -0.05) is 48.9 Å². The van der Waals surface area contributed by atoms with Crippen molar-refractivity contribution in [3.05, 3.63) is 84.2 Å². The van der Waals surface area contributed by atoms with E-state index in [2.05, 4.69) is 38.4 Å². The molecule has 4 aromatic rings. The molecule has 2 unspecified atom stereocenters. The lowest BCUT2D eigenvalue weighted by atomic mass is 9.92. The number of pyridine rings is 1. The molecule has 4 heterocycles. The molecule has 0 saturated carbocycles. The van der Waals surface area contributed by atoms with Gasteiger partial charge in [-0.3, -0.25) is 19.5 Å². The Morgan fingerprint density at radius 2 is 1.69 bits per heavy atom. The van der Waals surface area contributed by atoms with Gasteiger partial charge in [0.25, 0.3) is 0 Å². The van der Waals surface area contributed by atoms with Crippen LogP contribution in [0.4, 0.5) is 5.69 Å². The molecule has 0 aliphatic carbocycles. The third-order valence-corrected chi connectivity index (χ3v) is 8.80. The number of carbonyl (C=O) groups is 2. The molecule has 1 fully saturated rings. The number of nitrogens with zero attached hydrogens (tertiary/aromatic N) is 7. The zero-order chi connectivity index (χ0) is 28.9. The van der Waals surface area contributed by atoms with Crippen molar-refractivity contribution in [3.63, 3.8) is 0 Å². The predicted molar refractivity (Wildman–Crippen MR) is 162 cm³/mol. The van der Waals surface area contributed by atoms with E-state index in [-0.39, 0.29) is 17.9 Å². The summed E-state index contributed by atoms with van der Waals surface area (Å²) in [6.07, 6.45) is 8.60. The Balaban J connectivity index is 1.33. The first-order chi connectivity index (χ1) is 20.6. The molecule has 42 heavy (non-hydrogen) atoms. The molecule has 2 bridgehead atoms. The summed E-state index contributed by atoms with van der Waals surface area (Å²) < 4.78 is 1.82. The highest BCUT2D eigenvalue weighted by atomic mass is 16.2. The van der Waals surface area contributed by atoms with Crippen molar-refractivity contribution in [3.8, 4) is 0 Å². The topological polar surface area (TPSA) is 87.5 Å². The molecule has 2 aliphatic heterocycles. The lowest BCUT2D eigenvalue weighted by molar-refractivity contribution is -0.133.